The van der Waals surface area contributed by atoms with Gasteiger partial charge in [0, 0.05) is 17.4 Å². The van der Waals surface area contributed by atoms with Crippen molar-refractivity contribution in [2.45, 2.75) is 6.18 Å². The minimum atomic E-state index is -4.50. The molecule has 2 N–H and O–H groups in total. The zero-order chi connectivity index (χ0) is 15.2. The molecule has 0 saturated carbocycles. The number of aromatic nitrogens is 3. The van der Waals surface area contributed by atoms with Crippen LogP contribution in [0.2, 0.25) is 5.02 Å². The Morgan fingerprint density at radius 3 is 2.57 bits per heavy atom. The number of hydrogen-bond donors (Lipinski definition) is 1. The number of nitrogens with zero attached hydrogens (tertiary/aromatic N) is 3. The van der Waals surface area contributed by atoms with E-state index in [-0.39, 0.29) is 16.5 Å². The second kappa shape index (κ2) is 4.63. The van der Waals surface area contributed by atoms with E-state index in [9.17, 15) is 13.2 Å². The first kappa shape index (κ1) is 13.7. The number of alkyl halides is 3. The highest BCUT2D eigenvalue weighted by Crippen LogP contribution is 2.33. The van der Waals surface area contributed by atoms with Gasteiger partial charge in [0.05, 0.1) is 10.6 Å². The van der Waals surface area contributed by atoms with Gasteiger partial charge in [-0.15, -0.1) is 10.2 Å². The fraction of sp³-hybridized carbons (Fsp3) is 0.0769. The monoisotopic (exact) mass is 312 g/mol. The zero-order valence-electron chi connectivity index (χ0n) is 10.4. The van der Waals surface area contributed by atoms with Crippen LogP contribution in [0.25, 0.3) is 17.0 Å². The molecule has 8 heteroatoms. The number of nitrogen functional groups attached to an aromatic ring is 1. The molecule has 0 saturated heterocycles. The van der Waals surface area contributed by atoms with Crippen LogP contribution >= 0.6 is 11.6 Å². The highest BCUT2D eigenvalue weighted by atomic mass is 35.5. The molecule has 0 aliphatic heterocycles. The Labute approximate surface area is 122 Å². The van der Waals surface area contributed by atoms with Gasteiger partial charge < -0.3 is 5.73 Å². The van der Waals surface area contributed by atoms with Crippen molar-refractivity contribution in [2.75, 3.05) is 5.73 Å². The van der Waals surface area contributed by atoms with Crippen LogP contribution in [0.5, 0.6) is 0 Å². The molecule has 0 radical (unpaired) electrons. The van der Waals surface area contributed by atoms with Crippen molar-refractivity contribution in [1.82, 2.24) is 14.6 Å². The third-order valence-corrected chi connectivity index (χ3v) is 3.21. The van der Waals surface area contributed by atoms with Gasteiger partial charge in [0.1, 0.15) is 0 Å². The molecule has 0 bridgehead atoms. The lowest BCUT2D eigenvalue weighted by atomic mass is 10.2. The molecule has 0 unspecified atom stereocenters. The van der Waals surface area contributed by atoms with Gasteiger partial charge in [0.25, 0.3) is 0 Å². The molecule has 1 aromatic carbocycles. The summed E-state index contributed by atoms with van der Waals surface area (Å²) in [4.78, 5) is 0. The van der Waals surface area contributed by atoms with Gasteiger partial charge in [0.15, 0.2) is 11.5 Å². The number of benzene rings is 1. The van der Waals surface area contributed by atoms with Crippen LogP contribution in [0, 0.1) is 0 Å². The Morgan fingerprint density at radius 1 is 1.14 bits per heavy atom. The van der Waals surface area contributed by atoms with E-state index in [1.54, 1.807) is 24.3 Å². The molecule has 0 aliphatic rings. The summed E-state index contributed by atoms with van der Waals surface area (Å²) < 4.78 is 39.8. The largest absolute Gasteiger partial charge is 0.417 e. The van der Waals surface area contributed by atoms with E-state index >= 15 is 0 Å². The number of hydrogen-bond acceptors (Lipinski definition) is 3. The molecule has 21 heavy (non-hydrogen) atoms. The molecule has 0 spiro atoms. The molecule has 2 aromatic heterocycles. The summed E-state index contributed by atoms with van der Waals surface area (Å²) in [5.74, 6) is 0.241. The maximum absolute atomic E-state index is 12.9. The lowest BCUT2D eigenvalue weighted by Gasteiger charge is -2.09. The standard InChI is InChI=1S/C13H8ClF3N4/c14-10-5-8(13(15,16)17)6-21-11(19-20-12(10)21)7-2-1-3-9(18)4-7/h1-6H,18H2. The lowest BCUT2D eigenvalue weighted by molar-refractivity contribution is -0.137. The molecular weight excluding hydrogens is 305 g/mol. The topological polar surface area (TPSA) is 56.2 Å². The van der Waals surface area contributed by atoms with E-state index in [4.69, 9.17) is 17.3 Å². The first-order chi connectivity index (χ1) is 9.86. The summed E-state index contributed by atoms with van der Waals surface area (Å²) >= 11 is 5.85. The molecule has 0 fully saturated rings. The minimum Gasteiger partial charge on any atom is -0.399 e. The van der Waals surface area contributed by atoms with Gasteiger partial charge in [-0.05, 0) is 18.2 Å². The summed E-state index contributed by atoms with van der Waals surface area (Å²) in [6.45, 7) is 0. The van der Waals surface area contributed by atoms with Crippen LogP contribution in [0.3, 0.4) is 0 Å². The Balaban J connectivity index is 2.28. The van der Waals surface area contributed by atoms with Gasteiger partial charge in [-0.2, -0.15) is 13.2 Å². The maximum atomic E-state index is 12.9. The van der Waals surface area contributed by atoms with Crippen molar-refractivity contribution in [3.8, 4) is 11.4 Å². The maximum Gasteiger partial charge on any atom is 0.417 e. The van der Waals surface area contributed by atoms with Crippen LogP contribution in [0.4, 0.5) is 18.9 Å². The van der Waals surface area contributed by atoms with Crippen molar-refractivity contribution < 1.29 is 13.2 Å². The van der Waals surface area contributed by atoms with Gasteiger partial charge in [0.2, 0.25) is 0 Å². The Bertz CT molecular complexity index is 826. The molecule has 0 aliphatic carbocycles. The zero-order valence-corrected chi connectivity index (χ0v) is 11.2. The van der Waals surface area contributed by atoms with E-state index in [1.165, 1.54) is 4.40 Å². The number of halogens is 4. The smallest absolute Gasteiger partial charge is 0.399 e. The number of pyridine rings is 1. The third kappa shape index (κ3) is 2.40. The van der Waals surface area contributed by atoms with E-state index in [1.807, 2.05) is 0 Å². The van der Waals surface area contributed by atoms with Crippen molar-refractivity contribution in [3.63, 3.8) is 0 Å². The summed E-state index contributed by atoms with van der Waals surface area (Å²) in [5, 5.41) is 7.60. The normalized spacial score (nSPS) is 12.0. The number of fused-ring (bicyclic) bond motifs is 1. The third-order valence-electron chi connectivity index (χ3n) is 2.93. The van der Waals surface area contributed by atoms with Gasteiger partial charge in [-0.1, -0.05) is 23.7 Å². The SMILES string of the molecule is Nc1cccc(-c2nnc3c(Cl)cc(C(F)(F)F)cn23)c1. The Kier molecular flexibility index (Phi) is 3.02. The number of anilines is 1. The number of rotatable bonds is 1. The van der Waals surface area contributed by atoms with E-state index in [2.05, 4.69) is 10.2 Å². The van der Waals surface area contributed by atoms with E-state index in [0.717, 1.165) is 12.3 Å². The molecule has 0 atom stereocenters. The van der Waals surface area contributed by atoms with Crippen molar-refractivity contribution in [2.24, 2.45) is 0 Å². The van der Waals surface area contributed by atoms with Crippen LogP contribution in [0.1, 0.15) is 5.56 Å². The first-order valence-corrected chi connectivity index (χ1v) is 6.21. The van der Waals surface area contributed by atoms with Crippen LogP contribution in [-0.2, 0) is 6.18 Å². The summed E-state index contributed by atoms with van der Waals surface area (Å²) in [5.41, 5.74) is 5.99. The quantitative estimate of drug-likeness (QED) is 0.698. The van der Waals surface area contributed by atoms with Gasteiger partial charge >= 0.3 is 6.18 Å². The van der Waals surface area contributed by atoms with Crippen molar-refractivity contribution in [1.29, 1.82) is 0 Å². The summed E-state index contributed by atoms with van der Waals surface area (Å²) in [6, 6.07) is 7.46. The first-order valence-electron chi connectivity index (χ1n) is 5.83. The summed E-state index contributed by atoms with van der Waals surface area (Å²) in [6.07, 6.45) is -3.59. The minimum absolute atomic E-state index is 0.118. The van der Waals surface area contributed by atoms with Crippen molar-refractivity contribution in [3.05, 3.63) is 47.1 Å². The molecule has 2 heterocycles. The lowest BCUT2D eigenvalue weighted by Crippen LogP contribution is -2.07. The second-order valence-corrected chi connectivity index (χ2v) is 4.82. The molecule has 3 rings (SSSR count). The molecule has 0 amide bonds. The molecule has 108 valence electrons. The molecular formula is C13H8ClF3N4. The van der Waals surface area contributed by atoms with Gasteiger partial charge in [-0.25, -0.2) is 0 Å². The Hall–Kier alpha value is -2.28. The second-order valence-electron chi connectivity index (χ2n) is 4.42. The van der Waals surface area contributed by atoms with Gasteiger partial charge in [-0.3, -0.25) is 4.40 Å². The fourth-order valence-electron chi connectivity index (χ4n) is 1.98. The predicted molar refractivity (Wildman–Crippen MR) is 72.8 cm³/mol. The highest BCUT2D eigenvalue weighted by Gasteiger charge is 2.32. The number of nitrogens with two attached hydrogens (primary N) is 1. The Morgan fingerprint density at radius 2 is 1.90 bits per heavy atom. The van der Waals surface area contributed by atoms with Crippen LogP contribution in [0.15, 0.2) is 36.5 Å². The van der Waals surface area contributed by atoms with Crippen LogP contribution in [-0.4, -0.2) is 14.6 Å². The average Bonchev–Trinajstić information content (AvgIpc) is 2.82. The fourth-order valence-corrected chi connectivity index (χ4v) is 2.23. The predicted octanol–water partition coefficient (Wildman–Crippen LogP) is 3.65. The molecule has 3 aromatic rings. The highest BCUT2D eigenvalue weighted by molar-refractivity contribution is 6.33. The van der Waals surface area contributed by atoms with E-state index < -0.39 is 11.7 Å². The van der Waals surface area contributed by atoms with E-state index in [0.29, 0.717) is 11.3 Å². The van der Waals surface area contributed by atoms with Crippen LogP contribution < -0.4 is 5.73 Å². The average molecular weight is 313 g/mol. The van der Waals surface area contributed by atoms with Crippen molar-refractivity contribution >= 4 is 22.9 Å². The molecule has 4 nitrogen and oxygen atoms in total. The summed E-state index contributed by atoms with van der Waals surface area (Å²) in [7, 11) is 0.